The van der Waals surface area contributed by atoms with E-state index < -0.39 is 11.2 Å². The van der Waals surface area contributed by atoms with E-state index in [9.17, 15) is 14.4 Å². The Kier molecular flexibility index (Phi) is 5.39. The largest absolute Gasteiger partial charge is 0.493 e. The van der Waals surface area contributed by atoms with Crippen molar-refractivity contribution in [3.05, 3.63) is 69.0 Å². The molecule has 1 aliphatic rings. The number of hydrogen-bond acceptors (Lipinski definition) is 5. The summed E-state index contributed by atoms with van der Waals surface area (Å²) in [6.07, 6.45) is 1.88. The highest BCUT2D eigenvalue weighted by Gasteiger charge is 2.26. The van der Waals surface area contributed by atoms with Gasteiger partial charge in [0, 0.05) is 33.1 Å². The van der Waals surface area contributed by atoms with Crippen LogP contribution in [0.2, 0.25) is 0 Å². The van der Waals surface area contributed by atoms with Gasteiger partial charge in [0.2, 0.25) is 0 Å². The zero-order valence-corrected chi connectivity index (χ0v) is 17.1. The Bertz CT molecular complexity index is 1200. The molecule has 0 bridgehead atoms. The number of aromatic nitrogens is 3. The van der Waals surface area contributed by atoms with Crippen LogP contribution >= 0.6 is 0 Å². The van der Waals surface area contributed by atoms with E-state index in [0.717, 1.165) is 23.2 Å². The number of rotatable bonds is 4. The molecule has 30 heavy (non-hydrogen) atoms. The Morgan fingerprint density at radius 2 is 1.87 bits per heavy atom. The second-order valence-electron chi connectivity index (χ2n) is 7.66. The molecule has 1 atom stereocenters. The molecule has 1 aliphatic heterocycles. The third kappa shape index (κ3) is 3.72. The van der Waals surface area contributed by atoms with Crippen molar-refractivity contribution in [1.29, 1.82) is 0 Å². The fourth-order valence-corrected chi connectivity index (χ4v) is 3.85. The Morgan fingerprint density at radius 1 is 1.10 bits per heavy atom. The topological polar surface area (TPSA) is 86.4 Å². The SMILES string of the molecule is Cn1c(=O)c2ccc(C(=O)N3CCCC(COc4ccccc4)C3)nc2n(C)c1=O. The second-order valence-corrected chi connectivity index (χ2v) is 7.66. The van der Waals surface area contributed by atoms with Crippen molar-refractivity contribution in [2.45, 2.75) is 12.8 Å². The number of hydrogen-bond donors (Lipinski definition) is 0. The Hall–Kier alpha value is -3.42. The molecule has 3 aromatic rings. The fraction of sp³-hybridized carbons (Fsp3) is 0.364. The van der Waals surface area contributed by atoms with Gasteiger partial charge in [-0.1, -0.05) is 18.2 Å². The number of ether oxygens (including phenoxy) is 1. The van der Waals surface area contributed by atoms with Gasteiger partial charge < -0.3 is 9.64 Å². The maximum absolute atomic E-state index is 13.1. The molecule has 8 heteroatoms. The van der Waals surface area contributed by atoms with Gasteiger partial charge in [0.25, 0.3) is 11.5 Å². The van der Waals surface area contributed by atoms with Crippen molar-refractivity contribution < 1.29 is 9.53 Å². The number of aryl methyl sites for hydroxylation is 1. The number of benzene rings is 1. The zero-order valence-electron chi connectivity index (χ0n) is 17.1. The van der Waals surface area contributed by atoms with Crippen LogP contribution in [0.3, 0.4) is 0 Å². The van der Waals surface area contributed by atoms with Crippen LogP contribution in [0.1, 0.15) is 23.3 Å². The van der Waals surface area contributed by atoms with Crippen LogP contribution in [-0.4, -0.2) is 44.6 Å². The summed E-state index contributed by atoms with van der Waals surface area (Å²) in [5.41, 5.74) is -0.443. The van der Waals surface area contributed by atoms with Gasteiger partial charge in [0.15, 0.2) is 0 Å². The number of amides is 1. The highest BCUT2D eigenvalue weighted by molar-refractivity contribution is 5.94. The van der Waals surface area contributed by atoms with E-state index in [1.165, 1.54) is 11.6 Å². The molecule has 0 spiro atoms. The van der Waals surface area contributed by atoms with Crippen LogP contribution in [0, 0.1) is 5.92 Å². The number of para-hydroxylation sites is 1. The Labute approximate surface area is 173 Å². The van der Waals surface area contributed by atoms with Crippen molar-refractivity contribution >= 4 is 16.9 Å². The van der Waals surface area contributed by atoms with E-state index in [-0.39, 0.29) is 23.2 Å². The molecule has 8 nitrogen and oxygen atoms in total. The minimum Gasteiger partial charge on any atom is -0.493 e. The van der Waals surface area contributed by atoms with Gasteiger partial charge in [0.05, 0.1) is 12.0 Å². The van der Waals surface area contributed by atoms with Crippen molar-refractivity contribution in [3.8, 4) is 5.75 Å². The molecule has 156 valence electrons. The molecule has 1 saturated heterocycles. The summed E-state index contributed by atoms with van der Waals surface area (Å²) in [6.45, 7) is 1.78. The first-order valence-electron chi connectivity index (χ1n) is 9.99. The van der Waals surface area contributed by atoms with E-state index in [4.69, 9.17) is 4.74 Å². The molecule has 0 N–H and O–H groups in total. The van der Waals surface area contributed by atoms with E-state index in [2.05, 4.69) is 4.98 Å². The summed E-state index contributed by atoms with van der Waals surface area (Å²) < 4.78 is 8.19. The summed E-state index contributed by atoms with van der Waals surface area (Å²) in [5.74, 6) is 0.856. The van der Waals surface area contributed by atoms with Crippen molar-refractivity contribution in [2.75, 3.05) is 19.7 Å². The van der Waals surface area contributed by atoms with E-state index in [1.807, 2.05) is 30.3 Å². The van der Waals surface area contributed by atoms with E-state index in [0.29, 0.717) is 25.1 Å². The summed E-state index contributed by atoms with van der Waals surface area (Å²) in [4.78, 5) is 43.7. The van der Waals surface area contributed by atoms with Crippen molar-refractivity contribution in [2.24, 2.45) is 20.0 Å². The zero-order chi connectivity index (χ0) is 21.3. The van der Waals surface area contributed by atoms with Crippen molar-refractivity contribution in [3.63, 3.8) is 0 Å². The number of nitrogens with zero attached hydrogens (tertiary/aromatic N) is 4. The van der Waals surface area contributed by atoms with Gasteiger partial charge in [-0.2, -0.15) is 0 Å². The summed E-state index contributed by atoms with van der Waals surface area (Å²) >= 11 is 0. The average Bonchev–Trinajstić information content (AvgIpc) is 2.80. The highest BCUT2D eigenvalue weighted by Crippen LogP contribution is 2.20. The van der Waals surface area contributed by atoms with Gasteiger partial charge in [-0.25, -0.2) is 9.78 Å². The number of piperidine rings is 1. The van der Waals surface area contributed by atoms with E-state index in [1.54, 1.807) is 24.1 Å². The molecule has 0 aliphatic carbocycles. The number of carbonyl (C=O) groups is 1. The maximum Gasteiger partial charge on any atom is 0.332 e. The maximum atomic E-state index is 13.1. The highest BCUT2D eigenvalue weighted by atomic mass is 16.5. The third-order valence-electron chi connectivity index (χ3n) is 5.56. The monoisotopic (exact) mass is 408 g/mol. The number of fused-ring (bicyclic) bond motifs is 1. The van der Waals surface area contributed by atoms with E-state index >= 15 is 0 Å². The van der Waals surface area contributed by atoms with Crippen LogP contribution < -0.4 is 16.0 Å². The summed E-state index contributed by atoms with van der Waals surface area (Å²) in [6, 6.07) is 12.8. The predicted octanol–water partition coefficient (Wildman–Crippen LogP) is 1.56. The normalized spacial score (nSPS) is 16.6. The average molecular weight is 408 g/mol. The standard InChI is InChI=1S/C22H24N4O4/c1-24-19-17(20(27)25(2)22(24)29)10-11-18(23-19)21(28)26-12-6-7-15(13-26)14-30-16-8-4-3-5-9-16/h3-5,8-11,15H,6-7,12-14H2,1-2H3. The number of likely N-dealkylation sites (tertiary alicyclic amines) is 1. The van der Waals surface area contributed by atoms with Crippen LogP contribution in [0.5, 0.6) is 5.75 Å². The second kappa shape index (κ2) is 8.14. The first kappa shape index (κ1) is 19.9. The molecule has 0 radical (unpaired) electrons. The van der Waals surface area contributed by atoms with Gasteiger partial charge in [-0.05, 0) is 37.1 Å². The smallest absolute Gasteiger partial charge is 0.332 e. The lowest BCUT2D eigenvalue weighted by Crippen LogP contribution is -2.42. The summed E-state index contributed by atoms with van der Waals surface area (Å²) in [7, 11) is 2.97. The lowest BCUT2D eigenvalue weighted by Gasteiger charge is -2.32. The first-order chi connectivity index (χ1) is 14.5. The van der Waals surface area contributed by atoms with Crippen LogP contribution in [0.4, 0.5) is 0 Å². The lowest BCUT2D eigenvalue weighted by atomic mass is 9.98. The van der Waals surface area contributed by atoms with Crippen LogP contribution in [0.15, 0.2) is 52.1 Å². The molecule has 1 unspecified atom stereocenters. The number of pyridine rings is 1. The minimum atomic E-state index is -0.472. The molecule has 3 heterocycles. The van der Waals surface area contributed by atoms with Crippen molar-refractivity contribution in [1.82, 2.24) is 19.0 Å². The summed E-state index contributed by atoms with van der Waals surface area (Å²) in [5, 5.41) is 0.309. The van der Waals surface area contributed by atoms with Gasteiger partial charge >= 0.3 is 5.69 Å². The Morgan fingerprint density at radius 3 is 2.63 bits per heavy atom. The number of carbonyl (C=O) groups excluding carboxylic acids is 1. The van der Waals surface area contributed by atoms with Gasteiger partial charge in [-0.3, -0.25) is 18.7 Å². The van der Waals surface area contributed by atoms with Crippen LogP contribution in [-0.2, 0) is 14.1 Å². The molecule has 2 aromatic heterocycles. The molecule has 4 rings (SSSR count). The first-order valence-corrected chi connectivity index (χ1v) is 9.99. The molecule has 1 fully saturated rings. The minimum absolute atomic E-state index is 0.200. The third-order valence-corrected chi connectivity index (χ3v) is 5.56. The molecule has 1 aromatic carbocycles. The molecule has 0 saturated carbocycles. The quantitative estimate of drug-likeness (QED) is 0.654. The van der Waals surface area contributed by atoms with Gasteiger partial charge in [-0.15, -0.1) is 0 Å². The van der Waals surface area contributed by atoms with Gasteiger partial charge in [0.1, 0.15) is 17.1 Å². The lowest BCUT2D eigenvalue weighted by molar-refractivity contribution is 0.0628. The van der Waals surface area contributed by atoms with Crippen LogP contribution in [0.25, 0.3) is 11.0 Å². The molecule has 1 amide bonds. The Balaban J connectivity index is 1.53. The molecular formula is C22H24N4O4. The fourth-order valence-electron chi connectivity index (χ4n) is 3.85. The predicted molar refractivity (Wildman–Crippen MR) is 113 cm³/mol. The molecular weight excluding hydrogens is 384 g/mol.